The Hall–Kier alpha value is -3.56. The molecule has 0 saturated carbocycles. The molecule has 0 unspecified atom stereocenters. The molecule has 134 valence electrons. The molecule has 1 N–H and O–H groups in total. The second kappa shape index (κ2) is 7.13. The zero-order chi connectivity index (χ0) is 18.7. The molecule has 26 heavy (non-hydrogen) atoms. The molecule has 3 rings (SSSR count). The summed E-state index contributed by atoms with van der Waals surface area (Å²) in [5.74, 6) is -0.245. The van der Waals surface area contributed by atoms with Gasteiger partial charge in [-0.3, -0.25) is 24.9 Å². The number of hydrogen-bond donors (Lipinski definition) is 1. The highest BCUT2D eigenvalue weighted by molar-refractivity contribution is 5.88. The van der Waals surface area contributed by atoms with Crippen molar-refractivity contribution in [2.24, 2.45) is 0 Å². The smallest absolute Gasteiger partial charge is 0.292 e. The van der Waals surface area contributed by atoms with Crippen LogP contribution >= 0.6 is 0 Å². The average Bonchev–Trinajstić information content (AvgIpc) is 3.12. The predicted molar refractivity (Wildman–Crippen MR) is 92.6 cm³/mol. The zero-order valence-corrected chi connectivity index (χ0v) is 14.3. The third-order valence-corrected chi connectivity index (χ3v) is 3.79. The van der Waals surface area contributed by atoms with Crippen LogP contribution in [0.4, 0.5) is 11.6 Å². The van der Waals surface area contributed by atoms with E-state index in [0.717, 1.165) is 5.56 Å². The fourth-order valence-corrected chi connectivity index (χ4v) is 2.60. The summed E-state index contributed by atoms with van der Waals surface area (Å²) in [6.45, 7) is 3.46. The maximum absolute atomic E-state index is 12.2. The number of nitro groups is 1. The molecule has 3 aromatic rings. The van der Waals surface area contributed by atoms with E-state index in [9.17, 15) is 14.9 Å². The minimum atomic E-state index is -0.501. The summed E-state index contributed by atoms with van der Waals surface area (Å²) in [4.78, 5) is 26.7. The molecule has 1 amide bonds. The van der Waals surface area contributed by atoms with Crippen LogP contribution in [0.3, 0.4) is 0 Å². The lowest BCUT2D eigenvalue weighted by molar-refractivity contribution is -0.386. The van der Waals surface area contributed by atoms with E-state index in [-0.39, 0.29) is 23.9 Å². The lowest BCUT2D eigenvalue weighted by Gasteiger charge is -2.03. The molecule has 0 aliphatic rings. The molecular formula is C16H17N7O3. The standard InChI is InChI=1S/C16H17N7O3/c1-11-15(23(25)26)12(2)22(19-11)9-14(24)18-16-17-10-21(20-16)8-13-6-4-3-5-7-13/h3-7,10H,8-9H2,1-2H3,(H,18,20,24). The molecule has 0 radical (unpaired) electrons. The Bertz CT molecular complexity index is 946. The number of carbonyl (C=O) groups excluding carboxylic acids is 1. The summed E-state index contributed by atoms with van der Waals surface area (Å²) in [5, 5.41) is 21.8. The van der Waals surface area contributed by atoms with Gasteiger partial charge in [0, 0.05) is 0 Å². The van der Waals surface area contributed by atoms with Gasteiger partial charge in [-0.25, -0.2) is 9.67 Å². The van der Waals surface area contributed by atoms with Gasteiger partial charge in [-0.2, -0.15) is 5.10 Å². The maximum atomic E-state index is 12.2. The normalized spacial score (nSPS) is 10.7. The van der Waals surface area contributed by atoms with Crippen LogP contribution in [0.1, 0.15) is 17.0 Å². The molecule has 0 bridgehead atoms. The Morgan fingerprint density at radius 3 is 2.62 bits per heavy atom. The third kappa shape index (κ3) is 3.74. The number of nitrogens with one attached hydrogen (secondary N) is 1. The number of aryl methyl sites for hydroxylation is 1. The van der Waals surface area contributed by atoms with Crippen molar-refractivity contribution >= 4 is 17.5 Å². The number of carbonyl (C=O) groups is 1. The molecule has 0 fully saturated rings. The Kier molecular flexibility index (Phi) is 4.74. The highest BCUT2D eigenvalue weighted by atomic mass is 16.6. The van der Waals surface area contributed by atoms with Crippen LogP contribution in [0.5, 0.6) is 0 Å². The van der Waals surface area contributed by atoms with E-state index in [4.69, 9.17) is 0 Å². The SMILES string of the molecule is Cc1nn(CC(=O)Nc2ncn(Cc3ccccc3)n2)c(C)c1[N+](=O)[O-]. The van der Waals surface area contributed by atoms with Gasteiger partial charge < -0.3 is 0 Å². The van der Waals surface area contributed by atoms with Gasteiger partial charge in [-0.15, -0.1) is 5.10 Å². The summed E-state index contributed by atoms with van der Waals surface area (Å²) in [5.41, 5.74) is 1.57. The Morgan fingerprint density at radius 1 is 1.23 bits per heavy atom. The van der Waals surface area contributed by atoms with Crippen LogP contribution in [0.15, 0.2) is 36.7 Å². The van der Waals surface area contributed by atoms with Crippen molar-refractivity contribution in [1.82, 2.24) is 24.5 Å². The summed E-state index contributed by atoms with van der Waals surface area (Å²) >= 11 is 0. The van der Waals surface area contributed by atoms with Gasteiger partial charge in [0.2, 0.25) is 11.9 Å². The van der Waals surface area contributed by atoms with Crippen LogP contribution in [-0.2, 0) is 17.9 Å². The number of nitrogens with zero attached hydrogens (tertiary/aromatic N) is 6. The minimum absolute atomic E-state index is 0.0805. The Balaban J connectivity index is 1.64. The van der Waals surface area contributed by atoms with Crippen molar-refractivity contribution < 1.29 is 9.72 Å². The van der Waals surface area contributed by atoms with Gasteiger partial charge in [0.1, 0.15) is 24.3 Å². The molecular weight excluding hydrogens is 338 g/mol. The lowest BCUT2D eigenvalue weighted by Crippen LogP contribution is -2.21. The first-order chi connectivity index (χ1) is 12.4. The van der Waals surface area contributed by atoms with E-state index in [1.807, 2.05) is 30.3 Å². The van der Waals surface area contributed by atoms with Crippen LogP contribution in [0, 0.1) is 24.0 Å². The van der Waals surface area contributed by atoms with Crippen LogP contribution < -0.4 is 5.32 Å². The molecule has 2 aromatic heterocycles. The topological polar surface area (TPSA) is 121 Å². The fourth-order valence-electron chi connectivity index (χ4n) is 2.60. The molecule has 10 nitrogen and oxygen atoms in total. The van der Waals surface area contributed by atoms with E-state index in [2.05, 4.69) is 20.5 Å². The quantitative estimate of drug-likeness (QED) is 0.530. The number of rotatable bonds is 6. The van der Waals surface area contributed by atoms with Gasteiger partial charge >= 0.3 is 5.69 Å². The average molecular weight is 355 g/mol. The summed E-state index contributed by atoms with van der Waals surface area (Å²) in [6.07, 6.45) is 1.52. The van der Waals surface area contributed by atoms with E-state index in [0.29, 0.717) is 12.2 Å². The van der Waals surface area contributed by atoms with E-state index in [1.165, 1.54) is 17.9 Å². The number of benzene rings is 1. The molecule has 1 aromatic carbocycles. The van der Waals surface area contributed by atoms with E-state index < -0.39 is 10.8 Å². The van der Waals surface area contributed by atoms with Gasteiger partial charge in [0.15, 0.2) is 0 Å². The second-order valence-electron chi connectivity index (χ2n) is 5.73. The number of amides is 1. The largest absolute Gasteiger partial charge is 0.312 e. The van der Waals surface area contributed by atoms with Crippen LogP contribution in [0.25, 0.3) is 0 Å². The molecule has 0 atom stereocenters. The van der Waals surface area contributed by atoms with Crippen molar-refractivity contribution in [3.63, 3.8) is 0 Å². The molecule has 10 heteroatoms. The summed E-state index contributed by atoms with van der Waals surface area (Å²) in [7, 11) is 0. The molecule has 0 spiro atoms. The molecule has 2 heterocycles. The Labute approximate surface area is 148 Å². The van der Waals surface area contributed by atoms with Crippen molar-refractivity contribution in [2.45, 2.75) is 26.9 Å². The molecule has 0 saturated heterocycles. The monoisotopic (exact) mass is 355 g/mol. The van der Waals surface area contributed by atoms with E-state index in [1.54, 1.807) is 11.6 Å². The van der Waals surface area contributed by atoms with E-state index >= 15 is 0 Å². The maximum Gasteiger partial charge on any atom is 0.312 e. The number of hydrogen-bond acceptors (Lipinski definition) is 6. The first-order valence-electron chi connectivity index (χ1n) is 7.85. The first-order valence-corrected chi connectivity index (χ1v) is 7.85. The van der Waals surface area contributed by atoms with Crippen molar-refractivity contribution in [3.05, 3.63) is 63.7 Å². The van der Waals surface area contributed by atoms with Gasteiger partial charge in [-0.05, 0) is 19.4 Å². The van der Waals surface area contributed by atoms with Crippen molar-refractivity contribution in [2.75, 3.05) is 5.32 Å². The first kappa shape index (κ1) is 17.3. The van der Waals surface area contributed by atoms with Crippen LogP contribution in [-0.4, -0.2) is 35.4 Å². The van der Waals surface area contributed by atoms with Crippen molar-refractivity contribution in [3.8, 4) is 0 Å². The molecule has 0 aliphatic carbocycles. The highest BCUT2D eigenvalue weighted by Gasteiger charge is 2.22. The second-order valence-corrected chi connectivity index (χ2v) is 5.73. The summed E-state index contributed by atoms with van der Waals surface area (Å²) in [6, 6.07) is 9.73. The minimum Gasteiger partial charge on any atom is -0.292 e. The Morgan fingerprint density at radius 2 is 1.96 bits per heavy atom. The molecule has 0 aliphatic heterocycles. The van der Waals surface area contributed by atoms with Gasteiger partial charge in [0.05, 0.1) is 11.5 Å². The van der Waals surface area contributed by atoms with Gasteiger partial charge in [0.25, 0.3) is 0 Å². The zero-order valence-electron chi connectivity index (χ0n) is 14.3. The summed E-state index contributed by atoms with van der Waals surface area (Å²) < 4.78 is 2.91. The fraction of sp³-hybridized carbons (Fsp3) is 0.250. The van der Waals surface area contributed by atoms with Crippen LogP contribution in [0.2, 0.25) is 0 Å². The third-order valence-electron chi connectivity index (χ3n) is 3.79. The number of anilines is 1. The van der Waals surface area contributed by atoms with Gasteiger partial charge in [-0.1, -0.05) is 30.3 Å². The predicted octanol–water partition coefficient (Wildman–Crippen LogP) is 1.69. The van der Waals surface area contributed by atoms with Crippen molar-refractivity contribution in [1.29, 1.82) is 0 Å². The number of aromatic nitrogens is 5. The lowest BCUT2D eigenvalue weighted by atomic mass is 10.2. The highest BCUT2D eigenvalue weighted by Crippen LogP contribution is 2.21.